The van der Waals surface area contributed by atoms with E-state index in [-0.39, 0.29) is 5.41 Å². The highest BCUT2D eigenvalue weighted by atomic mass is 14.4. The van der Waals surface area contributed by atoms with Crippen molar-refractivity contribution < 1.29 is 0 Å². The Morgan fingerprint density at radius 1 is 0.682 bits per heavy atom. The highest BCUT2D eigenvalue weighted by molar-refractivity contribution is 5.47. The molecule has 1 aliphatic rings. The van der Waals surface area contributed by atoms with Crippen molar-refractivity contribution in [2.24, 2.45) is 0 Å². The fourth-order valence-electron chi connectivity index (χ4n) is 4.43. The van der Waals surface area contributed by atoms with E-state index in [2.05, 4.69) is 62.4 Å². The van der Waals surface area contributed by atoms with Crippen LogP contribution in [-0.4, -0.2) is 0 Å². The first kappa shape index (κ1) is 15.3. The fourth-order valence-corrected chi connectivity index (χ4v) is 4.43. The summed E-state index contributed by atoms with van der Waals surface area (Å²) in [6.07, 6.45) is 8.98. The molecule has 0 spiro atoms. The summed E-state index contributed by atoms with van der Waals surface area (Å²) in [5.41, 5.74) is 6.51. The Balaban J connectivity index is 2.21. The van der Waals surface area contributed by atoms with Crippen LogP contribution in [0.25, 0.3) is 0 Å². The van der Waals surface area contributed by atoms with Crippen molar-refractivity contribution in [2.45, 2.75) is 64.2 Å². The van der Waals surface area contributed by atoms with Crippen molar-refractivity contribution in [3.05, 3.63) is 70.8 Å². The molecule has 3 rings (SSSR count). The van der Waals surface area contributed by atoms with Crippen molar-refractivity contribution in [1.82, 2.24) is 0 Å². The average molecular weight is 292 g/mol. The lowest BCUT2D eigenvalue weighted by Crippen LogP contribution is -2.32. The molecule has 0 bridgehead atoms. The quantitative estimate of drug-likeness (QED) is 0.642. The van der Waals surface area contributed by atoms with E-state index in [1.807, 2.05) is 0 Å². The molecule has 2 aromatic rings. The van der Waals surface area contributed by atoms with Crippen molar-refractivity contribution in [2.75, 3.05) is 0 Å². The number of hydrogen-bond acceptors (Lipinski definition) is 0. The van der Waals surface area contributed by atoms with Gasteiger partial charge in [0.05, 0.1) is 0 Å². The lowest BCUT2D eigenvalue weighted by molar-refractivity contribution is 0.342. The van der Waals surface area contributed by atoms with Gasteiger partial charge in [0.1, 0.15) is 0 Å². The summed E-state index contributed by atoms with van der Waals surface area (Å²) in [5.74, 6) is 0. The van der Waals surface area contributed by atoms with E-state index in [0.717, 1.165) is 12.8 Å². The van der Waals surface area contributed by atoms with Crippen LogP contribution < -0.4 is 0 Å². The molecule has 0 heterocycles. The SMILES string of the molecule is CCc1ccccc1C1(c2ccccc2CC)CCCCC1. The molecule has 0 saturated heterocycles. The van der Waals surface area contributed by atoms with Crippen LogP contribution >= 0.6 is 0 Å². The summed E-state index contributed by atoms with van der Waals surface area (Å²) in [4.78, 5) is 0. The standard InChI is InChI=1S/C22H28/c1-3-18-12-6-8-14-20(18)22(16-10-5-11-17-22)21-15-9-7-13-19(21)4-2/h6-9,12-15H,3-5,10-11,16-17H2,1-2H3. The Kier molecular flexibility index (Phi) is 4.66. The molecule has 0 amide bonds. The normalized spacial score (nSPS) is 17.4. The maximum atomic E-state index is 2.40. The van der Waals surface area contributed by atoms with Gasteiger partial charge in [0.25, 0.3) is 0 Å². The third-order valence-electron chi connectivity index (χ3n) is 5.53. The number of benzene rings is 2. The van der Waals surface area contributed by atoms with Gasteiger partial charge in [-0.15, -0.1) is 0 Å². The second-order valence-electron chi connectivity index (χ2n) is 6.66. The summed E-state index contributed by atoms with van der Waals surface area (Å²) in [6.45, 7) is 4.59. The van der Waals surface area contributed by atoms with E-state index < -0.39 is 0 Å². The van der Waals surface area contributed by atoms with Crippen LogP contribution in [0.1, 0.15) is 68.2 Å². The molecule has 0 radical (unpaired) electrons. The molecule has 0 atom stereocenters. The molecule has 22 heavy (non-hydrogen) atoms. The largest absolute Gasteiger partial charge is 0.0620 e. The Bertz CT molecular complexity index is 568. The first-order valence-corrected chi connectivity index (χ1v) is 8.98. The minimum atomic E-state index is 0.247. The smallest absolute Gasteiger partial charge is 0.0208 e. The molecule has 1 aliphatic carbocycles. The van der Waals surface area contributed by atoms with Crippen LogP contribution in [0.2, 0.25) is 0 Å². The van der Waals surface area contributed by atoms with E-state index in [9.17, 15) is 0 Å². The van der Waals surface area contributed by atoms with Gasteiger partial charge in [0.2, 0.25) is 0 Å². The lowest BCUT2D eigenvalue weighted by Gasteiger charge is -2.41. The van der Waals surface area contributed by atoms with Gasteiger partial charge in [-0.3, -0.25) is 0 Å². The van der Waals surface area contributed by atoms with Gasteiger partial charge in [-0.1, -0.05) is 81.6 Å². The first-order chi connectivity index (χ1) is 10.8. The summed E-state index contributed by atoms with van der Waals surface area (Å²) >= 11 is 0. The van der Waals surface area contributed by atoms with Gasteiger partial charge in [0.15, 0.2) is 0 Å². The van der Waals surface area contributed by atoms with Crippen molar-refractivity contribution in [3.8, 4) is 0 Å². The van der Waals surface area contributed by atoms with Gasteiger partial charge in [-0.05, 0) is 47.9 Å². The first-order valence-electron chi connectivity index (χ1n) is 8.98. The maximum Gasteiger partial charge on any atom is 0.0208 e. The molecule has 0 heteroatoms. The fraction of sp³-hybridized carbons (Fsp3) is 0.455. The average Bonchev–Trinajstić information content (AvgIpc) is 2.62. The zero-order chi connectivity index (χ0) is 15.4. The van der Waals surface area contributed by atoms with E-state index in [1.165, 1.54) is 43.2 Å². The maximum absolute atomic E-state index is 2.40. The molecule has 116 valence electrons. The van der Waals surface area contributed by atoms with Crippen LogP contribution in [0, 0.1) is 0 Å². The summed E-state index contributed by atoms with van der Waals surface area (Å²) < 4.78 is 0. The minimum Gasteiger partial charge on any atom is -0.0620 e. The highest BCUT2D eigenvalue weighted by Crippen LogP contribution is 2.47. The van der Waals surface area contributed by atoms with Crippen molar-refractivity contribution in [1.29, 1.82) is 0 Å². The van der Waals surface area contributed by atoms with Gasteiger partial charge in [-0.25, -0.2) is 0 Å². The Morgan fingerprint density at radius 3 is 1.59 bits per heavy atom. The minimum absolute atomic E-state index is 0.247. The van der Waals surface area contributed by atoms with Gasteiger partial charge >= 0.3 is 0 Å². The second-order valence-corrected chi connectivity index (χ2v) is 6.66. The summed E-state index contributed by atoms with van der Waals surface area (Å²) in [6, 6.07) is 18.3. The third kappa shape index (κ3) is 2.60. The zero-order valence-electron chi connectivity index (χ0n) is 14.1. The predicted octanol–water partition coefficient (Wildman–Crippen LogP) is 6.06. The molecule has 1 fully saturated rings. The molecule has 0 aromatic heterocycles. The molecule has 2 aromatic carbocycles. The molecule has 0 unspecified atom stereocenters. The van der Waals surface area contributed by atoms with E-state index >= 15 is 0 Å². The van der Waals surface area contributed by atoms with Gasteiger partial charge in [-0.2, -0.15) is 0 Å². The van der Waals surface area contributed by atoms with E-state index in [1.54, 1.807) is 11.1 Å². The number of rotatable bonds is 4. The molecule has 1 saturated carbocycles. The van der Waals surface area contributed by atoms with Crippen LogP contribution in [0.4, 0.5) is 0 Å². The topological polar surface area (TPSA) is 0 Å². The molecule has 0 N–H and O–H groups in total. The third-order valence-corrected chi connectivity index (χ3v) is 5.53. The van der Waals surface area contributed by atoms with E-state index in [0.29, 0.717) is 0 Å². The summed E-state index contributed by atoms with van der Waals surface area (Å²) in [7, 11) is 0. The second kappa shape index (κ2) is 6.69. The molecular formula is C22H28. The molecule has 0 aliphatic heterocycles. The Morgan fingerprint density at radius 2 is 1.14 bits per heavy atom. The highest BCUT2D eigenvalue weighted by Gasteiger charge is 2.37. The number of hydrogen-bond donors (Lipinski definition) is 0. The van der Waals surface area contributed by atoms with Crippen LogP contribution in [-0.2, 0) is 18.3 Å². The predicted molar refractivity (Wildman–Crippen MR) is 95.5 cm³/mol. The van der Waals surface area contributed by atoms with Crippen molar-refractivity contribution >= 4 is 0 Å². The van der Waals surface area contributed by atoms with Gasteiger partial charge < -0.3 is 0 Å². The van der Waals surface area contributed by atoms with Crippen LogP contribution in [0.5, 0.6) is 0 Å². The Hall–Kier alpha value is -1.56. The van der Waals surface area contributed by atoms with Crippen LogP contribution in [0.3, 0.4) is 0 Å². The van der Waals surface area contributed by atoms with E-state index in [4.69, 9.17) is 0 Å². The number of aryl methyl sites for hydroxylation is 2. The lowest BCUT2D eigenvalue weighted by atomic mass is 9.63. The Labute approximate surface area is 135 Å². The van der Waals surface area contributed by atoms with Gasteiger partial charge in [0, 0.05) is 5.41 Å². The zero-order valence-corrected chi connectivity index (χ0v) is 14.1. The monoisotopic (exact) mass is 292 g/mol. The van der Waals surface area contributed by atoms with Crippen molar-refractivity contribution in [3.63, 3.8) is 0 Å². The molecule has 0 nitrogen and oxygen atoms in total. The van der Waals surface area contributed by atoms with Crippen LogP contribution in [0.15, 0.2) is 48.5 Å². The molecular weight excluding hydrogens is 264 g/mol. The summed E-state index contributed by atoms with van der Waals surface area (Å²) in [5, 5.41) is 0.